The van der Waals surface area contributed by atoms with Gasteiger partial charge >= 0.3 is 5.97 Å². The van der Waals surface area contributed by atoms with Gasteiger partial charge in [0.1, 0.15) is 0 Å². The summed E-state index contributed by atoms with van der Waals surface area (Å²) in [6, 6.07) is 16.1. The van der Waals surface area contributed by atoms with Gasteiger partial charge in [-0.15, -0.1) is 0 Å². The second-order valence-corrected chi connectivity index (χ2v) is 5.26. The molecule has 122 valence electrons. The summed E-state index contributed by atoms with van der Waals surface area (Å²) in [5, 5.41) is 6.72. The predicted molar refractivity (Wildman–Crippen MR) is 88.9 cm³/mol. The summed E-state index contributed by atoms with van der Waals surface area (Å²) in [6.07, 6.45) is -0.297. The van der Waals surface area contributed by atoms with Gasteiger partial charge in [-0.05, 0) is 23.8 Å². The molecule has 1 unspecified atom stereocenters. The summed E-state index contributed by atoms with van der Waals surface area (Å²) in [5.41, 5.74) is 2.53. The minimum absolute atomic E-state index is 0.313. The highest BCUT2D eigenvalue weighted by Crippen LogP contribution is 2.19. The maximum Gasteiger partial charge on any atom is 0.337 e. The molecule has 1 heterocycles. The van der Waals surface area contributed by atoms with Crippen LogP contribution < -0.4 is 5.32 Å². The molecule has 6 nitrogen and oxygen atoms in total. The number of amides is 1. The Bertz CT molecular complexity index is 787. The molecule has 0 saturated carbocycles. The van der Waals surface area contributed by atoms with Crippen molar-refractivity contribution in [2.24, 2.45) is 5.16 Å². The summed E-state index contributed by atoms with van der Waals surface area (Å²) in [5.74, 6) is -0.774. The van der Waals surface area contributed by atoms with Crippen LogP contribution in [0.2, 0.25) is 0 Å². The second kappa shape index (κ2) is 6.95. The van der Waals surface area contributed by atoms with Crippen molar-refractivity contribution in [2.75, 3.05) is 12.4 Å². The van der Waals surface area contributed by atoms with Crippen molar-refractivity contribution in [1.29, 1.82) is 0 Å². The number of carbonyl (C=O) groups excluding carboxylic acids is 2. The topological polar surface area (TPSA) is 77.0 Å². The van der Waals surface area contributed by atoms with Gasteiger partial charge in [-0.1, -0.05) is 41.6 Å². The van der Waals surface area contributed by atoms with E-state index < -0.39 is 12.1 Å². The van der Waals surface area contributed by atoms with Crippen molar-refractivity contribution in [3.05, 3.63) is 65.7 Å². The smallest absolute Gasteiger partial charge is 0.337 e. The summed E-state index contributed by atoms with van der Waals surface area (Å²) in [7, 11) is 1.31. The zero-order valence-electron chi connectivity index (χ0n) is 13.1. The normalized spacial score (nSPS) is 16.0. The molecule has 0 aliphatic carbocycles. The van der Waals surface area contributed by atoms with E-state index in [0.29, 0.717) is 17.7 Å². The third kappa shape index (κ3) is 3.43. The van der Waals surface area contributed by atoms with Gasteiger partial charge in [-0.25, -0.2) is 4.79 Å². The number of oxime groups is 1. The number of benzene rings is 2. The number of ether oxygens (including phenoxy) is 1. The van der Waals surface area contributed by atoms with Crippen LogP contribution in [0.1, 0.15) is 22.3 Å². The van der Waals surface area contributed by atoms with Crippen molar-refractivity contribution >= 4 is 23.3 Å². The molecule has 1 aliphatic heterocycles. The van der Waals surface area contributed by atoms with Gasteiger partial charge in [0.15, 0.2) is 0 Å². The summed E-state index contributed by atoms with van der Waals surface area (Å²) >= 11 is 0. The van der Waals surface area contributed by atoms with Crippen molar-refractivity contribution in [2.45, 2.75) is 12.5 Å². The Kier molecular flexibility index (Phi) is 4.56. The van der Waals surface area contributed by atoms with Gasteiger partial charge < -0.3 is 14.9 Å². The fraction of sp³-hybridized carbons (Fsp3) is 0.167. The molecule has 0 bridgehead atoms. The Morgan fingerprint density at radius 3 is 2.71 bits per heavy atom. The lowest BCUT2D eigenvalue weighted by Gasteiger charge is -2.10. The monoisotopic (exact) mass is 324 g/mol. The van der Waals surface area contributed by atoms with E-state index in [9.17, 15) is 9.59 Å². The number of hydrogen-bond donors (Lipinski definition) is 1. The maximum absolute atomic E-state index is 12.3. The largest absolute Gasteiger partial charge is 0.465 e. The molecule has 1 atom stereocenters. The third-order valence-electron chi connectivity index (χ3n) is 3.62. The molecule has 0 radical (unpaired) electrons. The van der Waals surface area contributed by atoms with E-state index in [2.05, 4.69) is 15.2 Å². The Morgan fingerprint density at radius 2 is 1.96 bits per heavy atom. The lowest BCUT2D eigenvalue weighted by atomic mass is 10.0. The molecule has 3 rings (SSSR count). The van der Waals surface area contributed by atoms with Gasteiger partial charge in [-0.2, -0.15) is 0 Å². The maximum atomic E-state index is 12.3. The van der Waals surface area contributed by atoms with Crippen LogP contribution in [-0.2, 0) is 14.4 Å². The molecule has 0 aromatic heterocycles. The molecular formula is C18H16N2O4. The first-order chi connectivity index (χ1) is 11.7. The van der Waals surface area contributed by atoms with Crippen LogP contribution in [0.5, 0.6) is 0 Å². The first-order valence-corrected chi connectivity index (χ1v) is 7.45. The standard InChI is InChI=1S/C18H16N2O4/c1-23-18(22)13-8-5-9-14(10-13)19-17(21)16-11-15(20-24-16)12-6-3-2-4-7-12/h2-10,16H,11H2,1H3,(H,19,21). The molecule has 2 aromatic carbocycles. The van der Waals surface area contributed by atoms with Crippen molar-refractivity contribution in [3.63, 3.8) is 0 Å². The lowest BCUT2D eigenvalue weighted by molar-refractivity contribution is -0.125. The van der Waals surface area contributed by atoms with Crippen LogP contribution >= 0.6 is 0 Å². The van der Waals surface area contributed by atoms with E-state index in [4.69, 9.17) is 4.84 Å². The molecule has 0 fully saturated rings. The van der Waals surface area contributed by atoms with Gasteiger partial charge in [0.2, 0.25) is 6.10 Å². The number of nitrogens with one attached hydrogen (secondary N) is 1. The van der Waals surface area contributed by atoms with E-state index in [0.717, 1.165) is 11.3 Å². The van der Waals surface area contributed by atoms with Crippen molar-refractivity contribution in [3.8, 4) is 0 Å². The van der Waals surface area contributed by atoms with Gasteiger partial charge in [0.25, 0.3) is 5.91 Å². The predicted octanol–water partition coefficient (Wildman–Crippen LogP) is 2.60. The van der Waals surface area contributed by atoms with E-state index in [1.165, 1.54) is 7.11 Å². The van der Waals surface area contributed by atoms with Gasteiger partial charge in [0, 0.05) is 12.1 Å². The SMILES string of the molecule is COC(=O)c1cccc(NC(=O)C2CC(c3ccccc3)=NO2)c1. The van der Waals surface area contributed by atoms with Gasteiger partial charge in [-0.3, -0.25) is 4.79 Å². The lowest BCUT2D eigenvalue weighted by Crippen LogP contribution is -2.28. The van der Waals surface area contributed by atoms with E-state index >= 15 is 0 Å². The Labute approximate surface area is 139 Å². The summed E-state index contributed by atoms with van der Waals surface area (Å²) < 4.78 is 4.66. The van der Waals surface area contributed by atoms with Crippen LogP contribution in [0.25, 0.3) is 0 Å². The second-order valence-electron chi connectivity index (χ2n) is 5.26. The third-order valence-corrected chi connectivity index (χ3v) is 3.62. The van der Waals surface area contributed by atoms with Crippen LogP contribution in [0.4, 0.5) is 5.69 Å². The minimum Gasteiger partial charge on any atom is -0.465 e. The molecule has 1 N–H and O–H groups in total. The van der Waals surface area contributed by atoms with Crippen molar-refractivity contribution < 1.29 is 19.2 Å². The number of methoxy groups -OCH3 is 1. The zero-order valence-corrected chi connectivity index (χ0v) is 13.1. The zero-order chi connectivity index (χ0) is 16.9. The first kappa shape index (κ1) is 15.7. The number of rotatable bonds is 4. The summed E-state index contributed by atoms with van der Waals surface area (Å²) in [4.78, 5) is 29.1. The minimum atomic E-state index is -0.693. The average molecular weight is 324 g/mol. The Morgan fingerprint density at radius 1 is 1.17 bits per heavy atom. The van der Waals surface area contributed by atoms with Crippen LogP contribution in [0.15, 0.2) is 59.8 Å². The molecule has 0 spiro atoms. The van der Waals surface area contributed by atoms with Crippen molar-refractivity contribution in [1.82, 2.24) is 0 Å². The Hall–Kier alpha value is -3.15. The molecule has 1 amide bonds. The Balaban J connectivity index is 1.64. The number of nitrogens with zero attached hydrogens (tertiary/aromatic N) is 1. The quantitative estimate of drug-likeness (QED) is 0.877. The molecular weight excluding hydrogens is 308 g/mol. The highest BCUT2D eigenvalue weighted by molar-refractivity contribution is 6.06. The van der Waals surface area contributed by atoms with E-state index in [-0.39, 0.29) is 5.91 Å². The van der Waals surface area contributed by atoms with E-state index in [1.54, 1.807) is 24.3 Å². The van der Waals surface area contributed by atoms with Crippen LogP contribution in [-0.4, -0.2) is 30.8 Å². The fourth-order valence-corrected chi connectivity index (χ4v) is 2.38. The highest BCUT2D eigenvalue weighted by Gasteiger charge is 2.28. The number of anilines is 1. The molecule has 0 saturated heterocycles. The van der Waals surface area contributed by atoms with Crippen LogP contribution in [0, 0.1) is 0 Å². The van der Waals surface area contributed by atoms with Crippen LogP contribution in [0.3, 0.4) is 0 Å². The number of esters is 1. The average Bonchev–Trinajstić information content (AvgIpc) is 3.12. The summed E-state index contributed by atoms with van der Waals surface area (Å²) in [6.45, 7) is 0. The first-order valence-electron chi connectivity index (χ1n) is 7.45. The molecule has 6 heteroatoms. The molecule has 2 aromatic rings. The number of carbonyl (C=O) groups is 2. The van der Waals surface area contributed by atoms with E-state index in [1.807, 2.05) is 30.3 Å². The van der Waals surface area contributed by atoms with Gasteiger partial charge in [0.05, 0.1) is 18.4 Å². The fourth-order valence-electron chi connectivity index (χ4n) is 2.38. The highest BCUT2D eigenvalue weighted by atomic mass is 16.6. The molecule has 1 aliphatic rings. The molecule has 24 heavy (non-hydrogen) atoms. The number of hydrogen-bond acceptors (Lipinski definition) is 5.